The molecule has 1 rings (SSSR count). The zero-order valence-corrected chi connectivity index (χ0v) is 23.1. The van der Waals surface area contributed by atoms with Crippen LogP contribution in [0.5, 0.6) is 0 Å². The van der Waals surface area contributed by atoms with Gasteiger partial charge < -0.3 is 52.1 Å². The summed E-state index contributed by atoms with van der Waals surface area (Å²) in [5, 5.41) is 2.63. The maximum absolute atomic E-state index is 10.5. The van der Waals surface area contributed by atoms with Gasteiger partial charge >= 0.3 is 0 Å². The molecule has 0 fully saturated rings. The smallest absolute Gasteiger partial charge is 0.0921 e. The van der Waals surface area contributed by atoms with Gasteiger partial charge in [-0.15, -0.1) is 11.6 Å². The van der Waals surface area contributed by atoms with Crippen LogP contribution in [-0.2, 0) is 69.8 Å². The van der Waals surface area contributed by atoms with Crippen LogP contribution in [0.2, 0.25) is 0 Å². The largest absolute Gasteiger partial charge is 0.673 e. The minimum absolute atomic E-state index is 0. The van der Waals surface area contributed by atoms with Gasteiger partial charge in [0.25, 0.3) is 0 Å². The van der Waals surface area contributed by atoms with Crippen LogP contribution in [-0.4, -0.2) is 39.8 Å². The molecule has 1 aromatic rings. The second-order valence-electron chi connectivity index (χ2n) is 6.81. The van der Waals surface area contributed by atoms with Gasteiger partial charge in [-0.2, -0.15) is 6.42 Å². The Morgan fingerprint density at radius 1 is 1.25 bits per heavy atom. The van der Waals surface area contributed by atoms with Crippen LogP contribution in [0.1, 0.15) is 52.1 Å². The molecule has 28 heavy (non-hydrogen) atoms. The molecular formula is C19H34N5O2WY-5. The molecule has 1 heterocycles. The van der Waals surface area contributed by atoms with Crippen LogP contribution in [0.4, 0.5) is 0 Å². The van der Waals surface area contributed by atoms with Gasteiger partial charge in [0.05, 0.1) is 12.2 Å². The van der Waals surface area contributed by atoms with Gasteiger partial charge in [0.1, 0.15) is 0 Å². The molecule has 161 valence electrons. The van der Waals surface area contributed by atoms with Crippen molar-refractivity contribution in [3.8, 4) is 0 Å². The Morgan fingerprint density at radius 2 is 1.79 bits per heavy atom. The van der Waals surface area contributed by atoms with Crippen LogP contribution in [0.25, 0.3) is 11.5 Å². The molecule has 1 amide bonds. The minimum atomic E-state index is -0.768. The molecule has 0 aliphatic carbocycles. The fraction of sp³-hybridized carbons (Fsp3) is 0.579. The number of H-pyrrole nitrogens is 1. The van der Waals surface area contributed by atoms with Gasteiger partial charge in [-0.25, -0.2) is 4.98 Å². The zero-order chi connectivity index (χ0) is 20.6. The van der Waals surface area contributed by atoms with E-state index in [1.54, 1.807) is 6.20 Å². The van der Waals surface area contributed by atoms with Crippen LogP contribution < -0.4 is 5.32 Å². The predicted molar refractivity (Wildman–Crippen MR) is 107 cm³/mol. The molecule has 0 bridgehead atoms. The Morgan fingerprint density at radius 3 is 2.14 bits per heavy atom. The first-order valence-corrected chi connectivity index (χ1v) is 8.65. The number of unbranched alkanes of at least 4 members (excludes halogenated alkanes) is 3. The van der Waals surface area contributed by atoms with E-state index in [1.165, 1.54) is 6.33 Å². The Hall–Kier alpha value is -0.198. The van der Waals surface area contributed by atoms with Crippen LogP contribution in [0.15, 0.2) is 12.5 Å². The first kappa shape index (κ1) is 35.3. The number of Topliss-reactive ketones (excluding diaryl/α,β-unsaturated/α-hetero) is 1. The van der Waals surface area contributed by atoms with Crippen molar-refractivity contribution in [3.05, 3.63) is 50.5 Å². The summed E-state index contributed by atoms with van der Waals surface area (Å²) in [6.45, 7) is 16.4. The molecule has 4 N–H and O–H groups in total. The number of aromatic amines is 1. The van der Waals surface area contributed by atoms with Crippen molar-refractivity contribution in [3.63, 3.8) is 0 Å². The van der Waals surface area contributed by atoms with Gasteiger partial charge in [0.2, 0.25) is 0 Å². The van der Waals surface area contributed by atoms with Gasteiger partial charge in [0, 0.05) is 72.2 Å². The third-order valence-electron chi connectivity index (χ3n) is 2.62. The summed E-state index contributed by atoms with van der Waals surface area (Å²) in [5.74, 6) is -0.547. The van der Waals surface area contributed by atoms with Gasteiger partial charge in [-0.05, 0) is 18.6 Å². The average Bonchev–Trinajstić information content (AvgIpc) is 2.98. The maximum atomic E-state index is 10.5. The molecule has 0 aliphatic rings. The molecule has 1 radical (unpaired) electrons. The Labute approximate surface area is 210 Å². The van der Waals surface area contributed by atoms with Crippen molar-refractivity contribution in [1.82, 2.24) is 15.3 Å². The number of aromatic nitrogens is 2. The molecule has 0 unspecified atom stereocenters. The summed E-state index contributed by atoms with van der Waals surface area (Å²) >= 11 is 0. The van der Waals surface area contributed by atoms with E-state index in [2.05, 4.69) is 36.1 Å². The summed E-state index contributed by atoms with van der Waals surface area (Å²) in [5.41, 5.74) is 14.7. The van der Waals surface area contributed by atoms with Crippen LogP contribution in [0, 0.1) is 20.8 Å². The third-order valence-corrected chi connectivity index (χ3v) is 2.62. The van der Waals surface area contributed by atoms with E-state index < -0.39 is 6.04 Å². The summed E-state index contributed by atoms with van der Waals surface area (Å²) in [4.78, 5) is 27.4. The van der Waals surface area contributed by atoms with Crippen molar-refractivity contribution >= 4 is 11.7 Å². The molecule has 0 spiro atoms. The Kier molecular flexibility index (Phi) is 27.1. The van der Waals surface area contributed by atoms with Crippen molar-refractivity contribution in [2.45, 2.75) is 64.5 Å². The third kappa shape index (κ3) is 33.4. The van der Waals surface area contributed by atoms with Gasteiger partial charge in [-0.3, -0.25) is 0 Å². The predicted octanol–water partition coefficient (Wildman–Crippen LogP) is 3.94. The number of rotatable bonds is 8. The van der Waals surface area contributed by atoms with E-state index in [0.29, 0.717) is 6.42 Å². The fourth-order valence-electron chi connectivity index (χ4n) is 1.44. The van der Waals surface area contributed by atoms with Crippen LogP contribution in [0.3, 0.4) is 0 Å². The van der Waals surface area contributed by atoms with Crippen molar-refractivity contribution in [2.75, 3.05) is 6.54 Å². The minimum Gasteiger partial charge on any atom is -0.673 e. The van der Waals surface area contributed by atoms with E-state index in [9.17, 15) is 9.59 Å². The number of nitrogens with zero attached hydrogens (tertiary/aromatic N) is 1. The summed E-state index contributed by atoms with van der Waals surface area (Å²) in [6, 6.07) is -0.768. The SMILES string of the molecule is CC(C)(C)[NH-].[CH2-]C(=O)[C@@H]([NH-])Cc1cnc[nH]1.[CH2-]CCCCCNC([CH2-])=O.[W].[Y]. The molecule has 0 saturated carbocycles. The molecule has 1 aromatic heterocycles. The molecule has 0 aliphatic heterocycles. The van der Waals surface area contributed by atoms with E-state index in [1.807, 2.05) is 20.8 Å². The van der Waals surface area contributed by atoms with Crippen molar-refractivity contribution in [2.24, 2.45) is 0 Å². The number of carbonyl (C=O) groups excluding carboxylic acids is 2. The number of amides is 1. The molecule has 1 atom stereocenters. The van der Waals surface area contributed by atoms with Crippen LogP contribution >= 0.6 is 0 Å². The monoisotopic (exact) mass is 637 g/mol. The number of nitrogens with one attached hydrogen (secondary N) is 4. The second-order valence-corrected chi connectivity index (χ2v) is 6.81. The standard InChI is InChI=1S/C8H15NO.C7H9N3O.C4H10N.W.Y/c1-3-4-5-6-7-9-8(2)10;1-5(11)7(8)2-6-3-9-4-10-6;1-4(2,3)5;;/h1-7H2,(H,9,10);3-4,7-8H,1-2H2,(H,9,10);5H,1-3H3;;/q2*-2;-1;;/t;7-;;;/m.0.../s1. The number of carbonyl (C=O) groups is 2. The number of hydrogen-bond acceptors (Lipinski definition) is 3. The van der Waals surface area contributed by atoms with E-state index in [4.69, 9.17) is 11.5 Å². The van der Waals surface area contributed by atoms with Gasteiger partial charge in [0.15, 0.2) is 0 Å². The topological polar surface area (TPSA) is 122 Å². The van der Waals surface area contributed by atoms with Crippen molar-refractivity contribution < 1.29 is 63.4 Å². The Balaban J connectivity index is -0.000000159. The van der Waals surface area contributed by atoms with E-state index in [-0.39, 0.29) is 71.0 Å². The molecular weight excluding hydrogens is 603 g/mol. The summed E-state index contributed by atoms with van der Waals surface area (Å²) in [6.07, 6.45) is 7.80. The Bertz CT molecular complexity index is 473. The molecule has 9 heteroatoms. The summed E-state index contributed by atoms with van der Waals surface area (Å²) in [7, 11) is 0. The number of ketones is 1. The maximum Gasteiger partial charge on any atom is 0.0921 e. The number of hydrogen-bond donors (Lipinski definition) is 2. The second kappa shape index (κ2) is 21.5. The molecule has 7 nitrogen and oxygen atoms in total. The van der Waals surface area contributed by atoms with E-state index in [0.717, 1.165) is 37.9 Å². The number of imidazole rings is 1. The van der Waals surface area contributed by atoms with Gasteiger partial charge in [-0.1, -0.05) is 33.6 Å². The quantitative estimate of drug-likeness (QED) is 0.332. The fourth-order valence-corrected chi connectivity index (χ4v) is 1.44. The average molecular weight is 637 g/mol. The molecule has 0 aromatic carbocycles. The van der Waals surface area contributed by atoms with Crippen molar-refractivity contribution in [1.29, 1.82) is 0 Å². The normalized spacial score (nSPS) is 10.5. The zero-order valence-electron chi connectivity index (χ0n) is 17.3. The first-order valence-electron chi connectivity index (χ1n) is 8.65. The molecule has 0 saturated heterocycles. The van der Waals surface area contributed by atoms with E-state index >= 15 is 0 Å². The first-order chi connectivity index (χ1) is 12.0. The summed E-state index contributed by atoms with van der Waals surface area (Å²) < 4.78 is 0.